The second-order valence-corrected chi connectivity index (χ2v) is 7.99. The lowest BCUT2D eigenvalue weighted by Crippen LogP contribution is -2.13. The number of anilines is 1. The summed E-state index contributed by atoms with van der Waals surface area (Å²) >= 11 is 3.49. The molecule has 2 aromatic heterocycles. The van der Waals surface area contributed by atoms with Gasteiger partial charge in [0.2, 0.25) is 0 Å². The van der Waals surface area contributed by atoms with E-state index in [0.29, 0.717) is 23.3 Å². The average Bonchev–Trinajstić information content (AvgIpc) is 3.00. The molecule has 2 heterocycles. The van der Waals surface area contributed by atoms with Crippen molar-refractivity contribution in [2.45, 2.75) is 20.3 Å². The fourth-order valence-electron chi connectivity index (χ4n) is 3.15. The topological polar surface area (TPSA) is 83.0 Å². The van der Waals surface area contributed by atoms with Crippen LogP contribution in [0.25, 0.3) is 27.9 Å². The smallest absolute Gasteiger partial charge is 0.344 e. The molecule has 0 saturated heterocycles. The van der Waals surface area contributed by atoms with Gasteiger partial charge in [-0.3, -0.25) is 4.57 Å². The lowest BCUT2D eigenvalue weighted by atomic mass is 10.1. The molecule has 0 fully saturated rings. The summed E-state index contributed by atoms with van der Waals surface area (Å²) in [5.74, 6) is 0.0548. The van der Waals surface area contributed by atoms with Crippen LogP contribution in [0.2, 0.25) is 0 Å². The molecular weight excluding hydrogens is 432 g/mol. The average molecular weight is 453 g/mol. The van der Waals surface area contributed by atoms with Crippen LogP contribution in [0.1, 0.15) is 30.6 Å². The number of para-hydroxylation sites is 2. The summed E-state index contributed by atoms with van der Waals surface area (Å²) in [4.78, 5) is 22.4. The van der Waals surface area contributed by atoms with Crippen molar-refractivity contribution < 1.29 is 9.53 Å². The molecular formula is C22H21BrN4O2. The molecule has 0 aliphatic rings. The van der Waals surface area contributed by atoms with Gasteiger partial charge < -0.3 is 10.5 Å². The van der Waals surface area contributed by atoms with E-state index in [1.54, 1.807) is 4.57 Å². The zero-order valence-corrected chi connectivity index (χ0v) is 17.8. The fraction of sp³-hybridized carbons (Fsp3) is 0.227. The van der Waals surface area contributed by atoms with Crippen molar-refractivity contribution in [3.63, 3.8) is 0 Å². The Morgan fingerprint density at radius 3 is 2.59 bits per heavy atom. The van der Waals surface area contributed by atoms with Gasteiger partial charge in [-0.1, -0.05) is 54.4 Å². The molecule has 0 aliphatic carbocycles. The summed E-state index contributed by atoms with van der Waals surface area (Å²) in [6.45, 7) is 4.43. The second-order valence-electron chi connectivity index (χ2n) is 7.07. The van der Waals surface area contributed by atoms with Crippen molar-refractivity contribution in [1.29, 1.82) is 0 Å². The molecule has 1 unspecified atom stereocenters. The van der Waals surface area contributed by atoms with Crippen molar-refractivity contribution in [1.82, 2.24) is 14.5 Å². The number of hydrogen-bond donors (Lipinski definition) is 1. The number of hydrogen-bond acceptors (Lipinski definition) is 5. The van der Waals surface area contributed by atoms with E-state index in [0.717, 1.165) is 22.1 Å². The molecule has 0 radical (unpaired) electrons. The first-order valence-corrected chi connectivity index (χ1v) is 10.3. The Bertz CT molecular complexity index is 1220. The van der Waals surface area contributed by atoms with Crippen molar-refractivity contribution in [2.75, 3.05) is 12.3 Å². The predicted octanol–water partition coefficient (Wildman–Crippen LogP) is 5.12. The van der Waals surface area contributed by atoms with Crippen LogP contribution in [-0.4, -0.2) is 27.1 Å². The minimum absolute atomic E-state index is 0.251. The Labute approximate surface area is 176 Å². The molecule has 0 aliphatic heterocycles. The fourth-order valence-corrected chi connectivity index (χ4v) is 3.53. The van der Waals surface area contributed by atoms with Gasteiger partial charge in [-0.2, -0.15) is 0 Å². The zero-order valence-electron chi connectivity index (χ0n) is 16.2. The number of rotatable bonds is 5. The molecule has 1 atom stereocenters. The molecule has 7 heteroatoms. The van der Waals surface area contributed by atoms with Gasteiger partial charge in [0.15, 0.2) is 5.65 Å². The molecule has 2 N–H and O–H groups in total. The summed E-state index contributed by atoms with van der Waals surface area (Å²) in [6, 6.07) is 15.2. The third-order valence-corrected chi connectivity index (χ3v) is 5.46. The van der Waals surface area contributed by atoms with E-state index in [4.69, 9.17) is 20.4 Å². The minimum atomic E-state index is -0.480. The number of esters is 1. The highest BCUT2D eigenvalue weighted by Crippen LogP contribution is 2.32. The van der Waals surface area contributed by atoms with Crippen molar-refractivity contribution >= 4 is 49.9 Å². The van der Waals surface area contributed by atoms with E-state index in [2.05, 4.69) is 22.9 Å². The summed E-state index contributed by atoms with van der Waals surface area (Å²) in [5, 5.41) is 0. The number of benzene rings is 2. The summed E-state index contributed by atoms with van der Waals surface area (Å²) < 4.78 is 8.19. The van der Waals surface area contributed by atoms with Crippen LogP contribution in [0.15, 0.2) is 53.0 Å². The van der Waals surface area contributed by atoms with Crippen LogP contribution >= 0.6 is 15.9 Å². The van der Waals surface area contributed by atoms with Gasteiger partial charge in [0.1, 0.15) is 16.9 Å². The summed E-state index contributed by atoms with van der Waals surface area (Å²) in [6.07, 6.45) is 0.924. The molecule has 0 spiro atoms. The van der Waals surface area contributed by atoms with Gasteiger partial charge in [0.25, 0.3) is 0 Å². The number of halogens is 1. The number of carbonyl (C=O) groups is 1. The number of aromatic nitrogens is 3. The van der Waals surface area contributed by atoms with E-state index in [-0.39, 0.29) is 17.3 Å². The predicted molar refractivity (Wildman–Crippen MR) is 118 cm³/mol. The Hall–Kier alpha value is -2.93. The highest BCUT2D eigenvalue weighted by molar-refractivity contribution is 9.10. The lowest BCUT2D eigenvalue weighted by molar-refractivity contribution is 0.0450. The van der Waals surface area contributed by atoms with Gasteiger partial charge >= 0.3 is 5.97 Å². The molecule has 0 bridgehead atoms. The molecule has 2 aromatic carbocycles. The Morgan fingerprint density at radius 2 is 1.90 bits per heavy atom. The molecule has 29 heavy (non-hydrogen) atoms. The van der Waals surface area contributed by atoms with E-state index >= 15 is 0 Å². The standard InChI is InChI=1S/C22H21BrN4O2/c1-3-13(2)12-29-22(28)18-19-21(26-17-10-5-4-9-16(17)25-19)27(20(18)24)15-8-6-7-14(23)11-15/h4-11,13H,3,12,24H2,1-2H3. The normalized spacial score (nSPS) is 12.4. The largest absolute Gasteiger partial charge is 0.462 e. The van der Waals surface area contributed by atoms with Crippen LogP contribution in [0.5, 0.6) is 0 Å². The molecule has 4 aromatic rings. The summed E-state index contributed by atoms with van der Waals surface area (Å²) in [7, 11) is 0. The third-order valence-electron chi connectivity index (χ3n) is 4.96. The van der Waals surface area contributed by atoms with E-state index in [1.807, 2.05) is 55.5 Å². The Balaban J connectivity index is 1.96. The second kappa shape index (κ2) is 7.83. The maximum absolute atomic E-state index is 13.0. The number of ether oxygens (including phenoxy) is 1. The molecule has 4 rings (SSSR count). The van der Waals surface area contributed by atoms with Gasteiger partial charge in [0.05, 0.1) is 23.3 Å². The molecule has 6 nitrogen and oxygen atoms in total. The van der Waals surface area contributed by atoms with Crippen LogP contribution < -0.4 is 5.73 Å². The number of nitrogens with two attached hydrogens (primary N) is 1. The SMILES string of the molecule is CCC(C)COC(=O)c1c(N)n(-c2cccc(Br)c2)c2nc3ccccc3nc12. The maximum Gasteiger partial charge on any atom is 0.344 e. The van der Waals surface area contributed by atoms with Gasteiger partial charge in [-0.15, -0.1) is 0 Å². The van der Waals surface area contributed by atoms with Gasteiger partial charge in [-0.25, -0.2) is 14.8 Å². The lowest BCUT2D eigenvalue weighted by Gasteiger charge is -2.10. The first kappa shape index (κ1) is 19.4. The van der Waals surface area contributed by atoms with E-state index < -0.39 is 5.97 Å². The van der Waals surface area contributed by atoms with Crippen LogP contribution in [0.4, 0.5) is 5.82 Å². The Kier molecular flexibility index (Phi) is 5.24. The highest BCUT2D eigenvalue weighted by atomic mass is 79.9. The van der Waals surface area contributed by atoms with Gasteiger partial charge in [0, 0.05) is 4.47 Å². The third kappa shape index (κ3) is 3.58. The summed E-state index contributed by atoms with van der Waals surface area (Å²) in [5.41, 5.74) is 9.89. The highest BCUT2D eigenvalue weighted by Gasteiger charge is 2.26. The van der Waals surface area contributed by atoms with Crippen LogP contribution in [0, 0.1) is 5.92 Å². The van der Waals surface area contributed by atoms with Crippen molar-refractivity contribution in [2.24, 2.45) is 5.92 Å². The van der Waals surface area contributed by atoms with Gasteiger partial charge in [-0.05, 0) is 36.2 Å². The number of nitrogen functional groups attached to an aromatic ring is 1. The maximum atomic E-state index is 13.0. The molecule has 0 amide bonds. The van der Waals surface area contributed by atoms with Crippen LogP contribution in [-0.2, 0) is 4.74 Å². The van der Waals surface area contributed by atoms with E-state index in [1.165, 1.54) is 0 Å². The quantitative estimate of drug-likeness (QED) is 0.424. The number of carbonyl (C=O) groups excluding carboxylic acids is 1. The molecule has 0 saturated carbocycles. The van der Waals surface area contributed by atoms with Crippen LogP contribution in [0.3, 0.4) is 0 Å². The number of nitrogens with zero attached hydrogens (tertiary/aromatic N) is 3. The number of fused-ring (bicyclic) bond motifs is 2. The molecule has 148 valence electrons. The Morgan fingerprint density at radius 1 is 1.17 bits per heavy atom. The zero-order chi connectivity index (χ0) is 20.5. The van der Waals surface area contributed by atoms with E-state index in [9.17, 15) is 4.79 Å². The first-order chi connectivity index (χ1) is 14.0. The monoisotopic (exact) mass is 452 g/mol. The van der Waals surface area contributed by atoms with Crippen molar-refractivity contribution in [3.8, 4) is 5.69 Å². The van der Waals surface area contributed by atoms with Crippen molar-refractivity contribution in [3.05, 3.63) is 58.6 Å². The first-order valence-electron chi connectivity index (χ1n) is 9.49. The minimum Gasteiger partial charge on any atom is -0.462 e.